The number of rotatable bonds is 9. The molecule has 0 aromatic heterocycles. The van der Waals surface area contributed by atoms with Gasteiger partial charge in [0.25, 0.3) is 0 Å². The standard InChI is InChI=1S/C10H22O2.C5H12O2/c1-9(2,11-5)7-8-10(3,4)12-6;1-6-4-3-5-7-2/h7-8H2,1-6H3;3-5H2,1-2H3. The summed E-state index contributed by atoms with van der Waals surface area (Å²) in [5.74, 6) is 0. The van der Waals surface area contributed by atoms with Gasteiger partial charge in [0.15, 0.2) is 0 Å². The highest BCUT2D eigenvalue weighted by Crippen LogP contribution is 2.23. The van der Waals surface area contributed by atoms with E-state index in [2.05, 4.69) is 27.7 Å². The van der Waals surface area contributed by atoms with Crippen molar-refractivity contribution >= 4 is 0 Å². The first kappa shape index (κ1) is 21.1. The fourth-order valence-corrected chi connectivity index (χ4v) is 1.15. The Balaban J connectivity index is 0. The van der Waals surface area contributed by atoms with Gasteiger partial charge in [0.1, 0.15) is 0 Å². The molecule has 0 aromatic carbocycles. The SMILES string of the molecule is COC(C)(C)CCC(C)(C)OC.COCCCOC. The van der Waals surface area contributed by atoms with Crippen molar-refractivity contribution in [1.29, 1.82) is 0 Å². The largest absolute Gasteiger partial charge is 0.385 e. The summed E-state index contributed by atoms with van der Waals surface area (Å²) < 4.78 is 20.2. The van der Waals surface area contributed by atoms with E-state index >= 15 is 0 Å². The Morgan fingerprint density at radius 3 is 1.16 bits per heavy atom. The monoisotopic (exact) mass is 278 g/mol. The van der Waals surface area contributed by atoms with E-state index in [0.717, 1.165) is 32.5 Å². The predicted molar refractivity (Wildman–Crippen MR) is 79.8 cm³/mol. The van der Waals surface area contributed by atoms with Crippen molar-refractivity contribution < 1.29 is 18.9 Å². The molecular formula is C15H34O4. The molecule has 118 valence electrons. The summed E-state index contributed by atoms with van der Waals surface area (Å²) >= 11 is 0. The van der Waals surface area contributed by atoms with E-state index in [9.17, 15) is 0 Å². The van der Waals surface area contributed by atoms with E-state index < -0.39 is 0 Å². The highest BCUT2D eigenvalue weighted by atomic mass is 16.5. The molecule has 0 heterocycles. The lowest BCUT2D eigenvalue weighted by Gasteiger charge is -2.29. The Hall–Kier alpha value is -0.160. The van der Waals surface area contributed by atoms with Crippen LogP contribution in [0.4, 0.5) is 0 Å². The second kappa shape index (κ2) is 11.6. The number of hydrogen-bond donors (Lipinski definition) is 0. The van der Waals surface area contributed by atoms with Crippen molar-refractivity contribution in [1.82, 2.24) is 0 Å². The summed E-state index contributed by atoms with van der Waals surface area (Å²) in [6.07, 6.45) is 3.03. The topological polar surface area (TPSA) is 36.9 Å². The lowest BCUT2D eigenvalue weighted by Crippen LogP contribution is -2.29. The van der Waals surface area contributed by atoms with E-state index in [0.29, 0.717) is 0 Å². The Morgan fingerprint density at radius 2 is 0.947 bits per heavy atom. The lowest BCUT2D eigenvalue weighted by molar-refractivity contribution is -0.0302. The van der Waals surface area contributed by atoms with Gasteiger partial charge in [-0.15, -0.1) is 0 Å². The molecule has 0 atom stereocenters. The fraction of sp³-hybridized carbons (Fsp3) is 1.00. The van der Waals surface area contributed by atoms with Gasteiger partial charge in [-0.3, -0.25) is 0 Å². The molecule has 0 spiro atoms. The number of ether oxygens (including phenoxy) is 4. The molecule has 0 saturated heterocycles. The zero-order valence-electron chi connectivity index (χ0n) is 14.2. The molecule has 0 radical (unpaired) electrons. The van der Waals surface area contributed by atoms with Crippen molar-refractivity contribution in [2.45, 2.75) is 58.2 Å². The molecule has 0 aliphatic carbocycles. The zero-order chi connectivity index (χ0) is 15.4. The molecule has 0 saturated carbocycles. The minimum Gasteiger partial charge on any atom is -0.385 e. The average Bonchev–Trinajstić information content (AvgIpc) is 2.38. The molecule has 0 aliphatic heterocycles. The maximum absolute atomic E-state index is 5.32. The first-order valence-electron chi connectivity index (χ1n) is 6.83. The fourth-order valence-electron chi connectivity index (χ4n) is 1.15. The Kier molecular flexibility index (Phi) is 13.0. The van der Waals surface area contributed by atoms with E-state index in [1.165, 1.54) is 0 Å². The van der Waals surface area contributed by atoms with Crippen LogP contribution in [0.2, 0.25) is 0 Å². The van der Waals surface area contributed by atoms with Crippen molar-refractivity contribution in [2.75, 3.05) is 41.7 Å². The van der Waals surface area contributed by atoms with Gasteiger partial charge in [-0.05, 0) is 47.0 Å². The third-order valence-electron chi connectivity index (χ3n) is 3.13. The highest BCUT2D eigenvalue weighted by molar-refractivity contribution is 4.75. The van der Waals surface area contributed by atoms with Gasteiger partial charge in [0, 0.05) is 41.7 Å². The van der Waals surface area contributed by atoms with Gasteiger partial charge in [-0.25, -0.2) is 0 Å². The first-order chi connectivity index (χ1) is 8.74. The van der Waals surface area contributed by atoms with Crippen LogP contribution >= 0.6 is 0 Å². The molecule has 19 heavy (non-hydrogen) atoms. The van der Waals surface area contributed by atoms with Crippen LogP contribution in [0.15, 0.2) is 0 Å². The predicted octanol–water partition coefficient (Wildman–Crippen LogP) is 3.29. The van der Waals surface area contributed by atoms with Gasteiger partial charge in [-0.2, -0.15) is 0 Å². The minimum atomic E-state index is -0.0319. The van der Waals surface area contributed by atoms with Gasteiger partial charge in [-0.1, -0.05) is 0 Å². The second-order valence-corrected chi connectivity index (χ2v) is 5.77. The van der Waals surface area contributed by atoms with E-state index in [-0.39, 0.29) is 11.2 Å². The molecular weight excluding hydrogens is 244 g/mol. The normalized spacial score (nSPS) is 12.0. The Morgan fingerprint density at radius 1 is 0.632 bits per heavy atom. The third-order valence-corrected chi connectivity index (χ3v) is 3.13. The van der Waals surface area contributed by atoms with Gasteiger partial charge in [0.2, 0.25) is 0 Å². The molecule has 4 heteroatoms. The maximum atomic E-state index is 5.32. The van der Waals surface area contributed by atoms with Crippen LogP contribution in [-0.4, -0.2) is 52.9 Å². The third kappa shape index (κ3) is 15.8. The maximum Gasteiger partial charge on any atom is 0.0623 e. The smallest absolute Gasteiger partial charge is 0.0623 e. The molecule has 0 unspecified atom stereocenters. The molecule has 0 aliphatic rings. The van der Waals surface area contributed by atoms with Gasteiger partial charge >= 0.3 is 0 Å². The van der Waals surface area contributed by atoms with Crippen LogP contribution in [0.25, 0.3) is 0 Å². The summed E-state index contributed by atoms with van der Waals surface area (Å²) in [4.78, 5) is 0. The van der Waals surface area contributed by atoms with Gasteiger partial charge < -0.3 is 18.9 Å². The molecule has 0 N–H and O–H groups in total. The summed E-state index contributed by atoms with van der Waals surface area (Å²) in [6, 6.07) is 0. The van der Waals surface area contributed by atoms with Crippen LogP contribution in [-0.2, 0) is 18.9 Å². The van der Waals surface area contributed by atoms with Crippen LogP contribution in [0.5, 0.6) is 0 Å². The Bertz CT molecular complexity index is 171. The minimum absolute atomic E-state index is 0.0319. The molecule has 0 fully saturated rings. The zero-order valence-corrected chi connectivity index (χ0v) is 14.2. The lowest BCUT2D eigenvalue weighted by atomic mass is 9.94. The van der Waals surface area contributed by atoms with Crippen molar-refractivity contribution in [2.24, 2.45) is 0 Å². The van der Waals surface area contributed by atoms with Crippen molar-refractivity contribution in [3.63, 3.8) is 0 Å². The first-order valence-corrected chi connectivity index (χ1v) is 6.83. The quantitative estimate of drug-likeness (QED) is 0.607. The summed E-state index contributed by atoms with van der Waals surface area (Å²) in [5, 5.41) is 0. The van der Waals surface area contributed by atoms with Crippen molar-refractivity contribution in [3.8, 4) is 0 Å². The van der Waals surface area contributed by atoms with Crippen LogP contribution in [0.1, 0.15) is 47.0 Å². The van der Waals surface area contributed by atoms with E-state index in [1.807, 2.05) is 0 Å². The summed E-state index contributed by atoms with van der Waals surface area (Å²) in [6.45, 7) is 9.98. The van der Waals surface area contributed by atoms with Crippen molar-refractivity contribution in [3.05, 3.63) is 0 Å². The Labute approximate surface area is 119 Å². The molecule has 0 rings (SSSR count). The number of hydrogen-bond acceptors (Lipinski definition) is 4. The molecule has 0 bridgehead atoms. The number of methoxy groups -OCH3 is 4. The van der Waals surface area contributed by atoms with Crippen LogP contribution in [0, 0.1) is 0 Å². The second-order valence-electron chi connectivity index (χ2n) is 5.77. The van der Waals surface area contributed by atoms with E-state index in [4.69, 9.17) is 18.9 Å². The average molecular weight is 278 g/mol. The van der Waals surface area contributed by atoms with Crippen LogP contribution in [0.3, 0.4) is 0 Å². The van der Waals surface area contributed by atoms with Crippen LogP contribution < -0.4 is 0 Å². The summed E-state index contributed by atoms with van der Waals surface area (Å²) in [5.41, 5.74) is -0.0639. The molecule has 0 aromatic rings. The summed E-state index contributed by atoms with van der Waals surface area (Å²) in [7, 11) is 6.88. The van der Waals surface area contributed by atoms with E-state index in [1.54, 1.807) is 28.4 Å². The molecule has 4 nitrogen and oxygen atoms in total. The molecule has 0 amide bonds. The van der Waals surface area contributed by atoms with Gasteiger partial charge in [0.05, 0.1) is 11.2 Å². The highest BCUT2D eigenvalue weighted by Gasteiger charge is 2.23.